The molecule has 1 aromatic carbocycles. The largest absolute Gasteiger partial charge is 0.395 e. The first-order chi connectivity index (χ1) is 9.77. The minimum Gasteiger partial charge on any atom is -0.395 e. The number of benzene rings is 1. The molecule has 0 bridgehead atoms. The molecule has 0 amide bonds. The van der Waals surface area contributed by atoms with Gasteiger partial charge in [0, 0.05) is 19.7 Å². The molecule has 0 saturated carbocycles. The number of hydrogen-bond donors (Lipinski definition) is 1. The standard InChI is InChI=1S/C12H17BrClFN2O3S/c1-3-17(5-6-20-4-2)21(18,19)9-7-8(14)10(13)12(16)11(9)15/h7H,3-6,16H2,1-2H3. The van der Waals surface area contributed by atoms with Gasteiger partial charge in [0.1, 0.15) is 4.90 Å². The average molecular weight is 404 g/mol. The summed E-state index contributed by atoms with van der Waals surface area (Å²) in [6.07, 6.45) is 0. The predicted molar refractivity (Wildman–Crippen MR) is 84.4 cm³/mol. The summed E-state index contributed by atoms with van der Waals surface area (Å²) in [5.74, 6) is -1.01. The molecule has 0 aromatic heterocycles. The Hall–Kier alpha value is -0.410. The summed E-state index contributed by atoms with van der Waals surface area (Å²) in [5, 5.41) is 0.0355. The van der Waals surface area contributed by atoms with Crippen LogP contribution >= 0.6 is 27.5 Å². The van der Waals surface area contributed by atoms with Crippen molar-refractivity contribution >= 4 is 43.2 Å². The Bertz CT molecular complexity index is 613. The van der Waals surface area contributed by atoms with Gasteiger partial charge in [-0.1, -0.05) is 18.5 Å². The highest BCUT2D eigenvalue weighted by Gasteiger charge is 2.29. The lowest BCUT2D eigenvalue weighted by Gasteiger charge is -2.21. The highest BCUT2D eigenvalue weighted by atomic mass is 79.9. The Kier molecular flexibility index (Phi) is 6.86. The van der Waals surface area contributed by atoms with Crippen molar-refractivity contribution in [1.82, 2.24) is 4.31 Å². The quantitative estimate of drug-likeness (QED) is 0.432. The van der Waals surface area contributed by atoms with Crippen molar-refractivity contribution in [3.05, 3.63) is 21.4 Å². The molecule has 2 N–H and O–H groups in total. The van der Waals surface area contributed by atoms with E-state index in [1.807, 2.05) is 0 Å². The third kappa shape index (κ3) is 4.07. The van der Waals surface area contributed by atoms with Crippen LogP contribution in [0.3, 0.4) is 0 Å². The van der Waals surface area contributed by atoms with Crippen LogP contribution in [-0.4, -0.2) is 39.0 Å². The SMILES string of the molecule is CCOCCN(CC)S(=O)(=O)c1cc(Cl)c(Br)c(N)c1F. The van der Waals surface area contributed by atoms with Gasteiger partial charge in [-0.25, -0.2) is 12.8 Å². The van der Waals surface area contributed by atoms with E-state index in [0.29, 0.717) is 6.61 Å². The lowest BCUT2D eigenvalue weighted by molar-refractivity contribution is 0.135. The molecule has 21 heavy (non-hydrogen) atoms. The Morgan fingerprint density at radius 2 is 2.10 bits per heavy atom. The van der Waals surface area contributed by atoms with Crippen LogP contribution < -0.4 is 5.73 Å². The zero-order chi connectivity index (χ0) is 16.2. The Labute approximate surface area is 137 Å². The molecular formula is C12H17BrClFN2O3S. The van der Waals surface area contributed by atoms with E-state index >= 15 is 0 Å². The number of likely N-dealkylation sites (N-methyl/N-ethyl adjacent to an activating group) is 1. The summed E-state index contributed by atoms with van der Waals surface area (Å²) >= 11 is 8.88. The van der Waals surface area contributed by atoms with Crippen LogP contribution in [0.5, 0.6) is 0 Å². The molecule has 0 atom stereocenters. The van der Waals surface area contributed by atoms with E-state index in [1.165, 1.54) is 0 Å². The van der Waals surface area contributed by atoms with E-state index in [9.17, 15) is 12.8 Å². The summed E-state index contributed by atoms with van der Waals surface area (Å²) in [4.78, 5) is -0.536. The molecule has 1 aromatic rings. The molecule has 1 rings (SSSR count). The molecule has 0 aliphatic rings. The van der Waals surface area contributed by atoms with Gasteiger partial charge in [-0.2, -0.15) is 4.31 Å². The van der Waals surface area contributed by atoms with Crippen LogP contribution in [0.25, 0.3) is 0 Å². The number of halogens is 3. The molecule has 0 spiro atoms. The topological polar surface area (TPSA) is 72.6 Å². The minimum atomic E-state index is -4.03. The Morgan fingerprint density at radius 3 is 2.62 bits per heavy atom. The van der Waals surface area contributed by atoms with Crippen LogP contribution in [0.15, 0.2) is 15.4 Å². The fourth-order valence-corrected chi connectivity index (χ4v) is 3.79. The molecule has 5 nitrogen and oxygen atoms in total. The van der Waals surface area contributed by atoms with Crippen molar-refractivity contribution in [2.75, 3.05) is 32.0 Å². The number of ether oxygens (including phenoxy) is 1. The van der Waals surface area contributed by atoms with E-state index in [1.54, 1.807) is 13.8 Å². The number of hydrogen-bond acceptors (Lipinski definition) is 4. The Balaban J connectivity index is 3.23. The average Bonchev–Trinajstić information content (AvgIpc) is 2.44. The maximum Gasteiger partial charge on any atom is 0.246 e. The van der Waals surface area contributed by atoms with Gasteiger partial charge in [-0.15, -0.1) is 0 Å². The summed E-state index contributed by atoms with van der Waals surface area (Å²) < 4.78 is 45.6. The first-order valence-electron chi connectivity index (χ1n) is 6.28. The summed E-state index contributed by atoms with van der Waals surface area (Å²) in [7, 11) is -4.03. The zero-order valence-corrected chi connectivity index (χ0v) is 14.9. The molecular weight excluding hydrogens is 387 g/mol. The highest BCUT2D eigenvalue weighted by molar-refractivity contribution is 9.10. The summed E-state index contributed by atoms with van der Waals surface area (Å²) in [5.41, 5.74) is 5.20. The number of nitrogen functional groups attached to an aromatic ring is 1. The van der Waals surface area contributed by atoms with Gasteiger partial charge in [-0.05, 0) is 28.9 Å². The molecule has 0 radical (unpaired) electrons. The second kappa shape index (κ2) is 7.73. The third-order valence-corrected chi connectivity index (χ3v) is 6.17. The number of rotatable bonds is 7. The Morgan fingerprint density at radius 1 is 1.48 bits per heavy atom. The molecule has 0 aliphatic carbocycles. The van der Waals surface area contributed by atoms with Gasteiger partial charge in [0.2, 0.25) is 10.0 Å². The van der Waals surface area contributed by atoms with E-state index in [0.717, 1.165) is 10.4 Å². The van der Waals surface area contributed by atoms with E-state index < -0.39 is 20.7 Å². The van der Waals surface area contributed by atoms with Crippen molar-refractivity contribution in [3.8, 4) is 0 Å². The number of sulfonamides is 1. The number of anilines is 1. The molecule has 0 saturated heterocycles. The fourth-order valence-electron chi connectivity index (χ4n) is 1.69. The lowest BCUT2D eigenvalue weighted by Crippen LogP contribution is -2.34. The van der Waals surface area contributed by atoms with Gasteiger partial charge in [0.25, 0.3) is 0 Å². The summed E-state index contributed by atoms with van der Waals surface area (Å²) in [6.45, 7) is 4.47. The van der Waals surface area contributed by atoms with Gasteiger partial charge in [0.15, 0.2) is 5.82 Å². The zero-order valence-electron chi connectivity index (χ0n) is 11.7. The van der Waals surface area contributed by atoms with Crippen LogP contribution in [0, 0.1) is 5.82 Å². The van der Waals surface area contributed by atoms with Crippen molar-refractivity contribution in [1.29, 1.82) is 0 Å². The van der Waals surface area contributed by atoms with E-state index in [2.05, 4.69) is 15.9 Å². The second-order valence-corrected chi connectivity index (χ2v) is 7.20. The van der Waals surface area contributed by atoms with Crippen LogP contribution in [0.1, 0.15) is 13.8 Å². The van der Waals surface area contributed by atoms with Gasteiger partial charge < -0.3 is 10.5 Å². The van der Waals surface area contributed by atoms with E-state index in [4.69, 9.17) is 22.1 Å². The smallest absolute Gasteiger partial charge is 0.246 e. The molecule has 120 valence electrons. The van der Waals surface area contributed by atoms with E-state index in [-0.39, 0.29) is 34.9 Å². The molecule has 0 fully saturated rings. The second-order valence-electron chi connectivity index (χ2n) is 4.09. The van der Waals surface area contributed by atoms with Gasteiger partial charge >= 0.3 is 0 Å². The molecule has 0 aliphatic heterocycles. The van der Waals surface area contributed by atoms with Crippen LogP contribution in [0.4, 0.5) is 10.1 Å². The van der Waals surface area contributed by atoms with Crippen molar-refractivity contribution in [2.45, 2.75) is 18.7 Å². The first kappa shape index (κ1) is 18.6. The third-order valence-electron chi connectivity index (χ3n) is 2.82. The molecule has 0 heterocycles. The maximum atomic E-state index is 14.2. The number of nitrogens with zero attached hydrogens (tertiary/aromatic N) is 1. The normalized spacial score (nSPS) is 12.1. The maximum absolute atomic E-state index is 14.2. The summed E-state index contributed by atoms with van der Waals surface area (Å²) in [6, 6.07) is 1.05. The van der Waals surface area contributed by atoms with Crippen LogP contribution in [0.2, 0.25) is 5.02 Å². The number of nitrogens with two attached hydrogens (primary N) is 1. The minimum absolute atomic E-state index is 0.0355. The lowest BCUT2D eigenvalue weighted by atomic mass is 10.3. The van der Waals surface area contributed by atoms with Crippen molar-refractivity contribution < 1.29 is 17.5 Å². The highest BCUT2D eigenvalue weighted by Crippen LogP contribution is 2.35. The van der Waals surface area contributed by atoms with Gasteiger partial charge in [0.05, 0.1) is 21.8 Å². The van der Waals surface area contributed by atoms with Gasteiger partial charge in [-0.3, -0.25) is 0 Å². The van der Waals surface area contributed by atoms with Crippen LogP contribution in [-0.2, 0) is 14.8 Å². The van der Waals surface area contributed by atoms with Crippen molar-refractivity contribution in [3.63, 3.8) is 0 Å². The molecule has 9 heteroatoms. The monoisotopic (exact) mass is 402 g/mol. The predicted octanol–water partition coefficient (Wildman–Crippen LogP) is 2.87. The fraction of sp³-hybridized carbons (Fsp3) is 0.500. The molecule has 0 unspecified atom stereocenters. The van der Waals surface area contributed by atoms with Crippen molar-refractivity contribution in [2.24, 2.45) is 0 Å². The first-order valence-corrected chi connectivity index (χ1v) is 8.89.